The van der Waals surface area contributed by atoms with Gasteiger partial charge in [-0.2, -0.15) is 5.10 Å². The van der Waals surface area contributed by atoms with Crippen molar-refractivity contribution in [2.24, 2.45) is 0 Å². The van der Waals surface area contributed by atoms with Crippen molar-refractivity contribution in [2.45, 2.75) is 25.6 Å². The number of nitrogens with zero attached hydrogens (tertiary/aromatic N) is 3. The van der Waals surface area contributed by atoms with Crippen LogP contribution in [0.2, 0.25) is 0 Å². The molecule has 1 aliphatic heterocycles. The van der Waals surface area contributed by atoms with Crippen LogP contribution in [0, 0.1) is 25.5 Å². The van der Waals surface area contributed by atoms with E-state index in [0.29, 0.717) is 11.5 Å². The fourth-order valence-electron chi connectivity index (χ4n) is 5.44. The number of hydrogen-bond acceptors (Lipinski definition) is 4. The normalized spacial score (nSPS) is 14.7. The monoisotopic (exact) mass is 608 g/mol. The molecule has 1 atom stereocenters. The highest BCUT2D eigenvalue weighted by Crippen LogP contribution is 2.48. The zero-order valence-electron chi connectivity index (χ0n) is 24.3. The summed E-state index contributed by atoms with van der Waals surface area (Å²) in [5.74, 6) is -0.723. The molecule has 222 valence electrons. The summed E-state index contributed by atoms with van der Waals surface area (Å²) in [4.78, 5) is 28.8. The molecule has 1 N–H and O–H groups in total. The van der Waals surface area contributed by atoms with E-state index in [9.17, 15) is 18.4 Å². The lowest BCUT2D eigenvalue weighted by molar-refractivity contribution is -0.123. The van der Waals surface area contributed by atoms with Crippen LogP contribution in [0.15, 0.2) is 97.1 Å². The fraction of sp³-hybridized carbons (Fsp3) is 0.171. The molecular weight excluding hydrogens is 578 g/mol. The van der Waals surface area contributed by atoms with Crippen LogP contribution in [-0.4, -0.2) is 33.9 Å². The topological polar surface area (TPSA) is 67.2 Å². The molecule has 2 heterocycles. The Bertz CT molecular complexity index is 1820. The van der Waals surface area contributed by atoms with Crippen LogP contribution in [0.25, 0.3) is 16.9 Å². The van der Waals surface area contributed by atoms with Gasteiger partial charge in [0.2, 0.25) is 11.8 Å². The molecule has 0 fully saturated rings. The quantitative estimate of drug-likeness (QED) is 0.218. The van der Waals surface area contributed by atoms with E-state index in [0.717, 1.165) is 39.1 Å². The smallest absolute Gasteiger partial charge is 0.240 e. The minimum absolute atomic E-state index is 0.100. The molecule has 0 saturated carbocycles. The first-order valence-electron chi connectivity index (χ1n) is 14.2. The average Bonchev–Trinajstić information content (AvgIpc) is 3.34. The Morgan fingerprint density at radius 2 is 1.61 bits per heavy atom. The predicted molar refractivity (Wildman–Crippen MR) is 170 cm³/mol. The summed E-state index contributed by atoms with van der Waals surface area (Å²) in [6.45, 7) is 3.95. The lowest BCUT2D eigenvalue weighted by Gasteiger charge is -2.24. The first-order valence-corrected chi connectivity index (χ1v) is 15.3. The maximum atomic E-state index is 14.0. The van der Waals surface area contributed by atoms with Crippen molar-refractivity contribution in [3.05, 3.63) is 137 Å². The van der Waals surface area contributed by atoms with Gasteiger partial charge in [-0.1, -0.05) is 72.3 Å². The Balaban J connectivity index is 1.51. The third-order valence-corrected chi connectivity index (χ3v) is 8.85. The van der Waals surface area contributed by atoms with Gasteiger partial charge in [-0.25, -0.2) is 13.5 Å². The highest BCUT2D eigenvalue weighted by atomic mass is 32.2. The third-order valence-electron chi connectivity index (χ3n) is 7.59. The van der Waals surface area contributed by atoms with Crippen LogP contribution in [0.5, 0.6) is 0 Å². The molecule has 0 aliphatic carbocycles. The first kappa shape index (κ1) is 29.3. The highest BCUT2D eigenvalue weighted by molar-refractivity contribution is 8.00. The Kier molecular flexibility index (Phi) is 8.30. The molecule has 0 radical (unpaired) electrons. The summed E-state index contributed by atoms with van der Waals surface area (Å²) in [5, 5.41) is 7.63. The summed E-state index contributed by atoms with van der Waals surface area (Å²) < 4.78 is 29.2. The van der Waals surface area contributed by atoms with E-state index in [1.54, 1.807) is 28.9 Å². The summed E-state index contributed by atoms with van der Waals surface area (Å²) in [6.07, 6.45) is 0. The molecule has 1 aliphatic rings. The molecule has 4 aromatic carbocycles. The van der Waals surface area contributed by atoms with Crippen molar-refractivity contribution in [3.63, 3.8) is 0 Å². The Hall–Kier alpha value is -4.76. The lowest BCUT2D eigenvalue weighted by Crippen LogP contribution is -2.42. The second-order valence-electron chi connectivity index (χ2n) is 10.8. The number of anilines is 1. The van der Waals surface area contributed by atoms with E-state index in [1.807, 2.05) is 56.3 Å². The molecule has 0 unspecified atom stereocenters. The minimum atomic E-state index is -0.367. The number of aryl methyl sites for hydroxylation is 2. The van der Waals surface area contributed by atoms with E-state index < -0.39 is 0 Å². The van der Waals surface area contributed by atoms with Gasteiger partial charge in [0.1, 0.15) is 24.0 Å². The van der Waals surface area contributed by atoms with E-state index in [-0.39, 0.29) is 47.5 Å². The molecule has 6 nitrogen and oxygen atoms in total. The molecule has 0 bridgehead atoms. The average molecular weight is 609 g/mol. The zero-order chi connectivity index (χ0) is 30.8. The summed E-state index contributed by atoms with van der Waals surface area (Å²) in [5.41, 5.74) is 6.68. The molecule has 6 rings (SSSR count). The van der Waals surface area contributed by atoms with Crippen LogP contribution in [0.3, 0.4) is 0 Å². The number of amides is 2. The Morgan fingerprint density at radius 1 is 0.932 bits per heavy atom. The summed E-state index contributed by atoms with van der Waals surface area (Å²) in [7, 11) is 0. The van der Waals surface area contributed by atoms with E-state index in [4.69, 9.17) is 5.10 Å². The van der Waals surface area contributed by atoms with Crippen molar-refractivity contribution in [1.82, 2.24) is 15.1 Å². The number of rotatable bonds is 7. The van der Waals surface area contributed by atoms with Crippen LogP contribution in [0.4, 0.5) is 14.6 Å². The number of hydrogen-bond donors (Lipinski definition) is 1. The minimum Gasteiger partial charge on any atom is -0.350 e. The van der Waals surface area contributed by atoms with Gasteiger partial charge in [0, 0.05) is 17.7 Å². The van der Waals surface area contributed by atoms with Crippen molar-refractivity contribution in [1.29, 1.82) is 0 Å². The molecular formula is C35H30F2N4O2S. The number of carbonyl (C=O) groups excluding carboxylic acids is 2. The van der Waals surface area contributed by atoms with Crippen molar-refractivity contribution >= 4 is 29.4 Å². The van der Waals surface area contributed by atoms with Crippen LogP contribution in [-0.2, 0) is 16.1 Å². The highest BCUT2D eigenvalue weighted by Gasteiger charge is 2.38. The largest absolute Gasteiger partial charge is 0.350 e. The van der Waals surface area contributed by atoms with Gasteiger partial charge in [-0.15, -0.1) is 11.8 Å². The zero-order valence-corrected chi connectivity index (χ0v) is 25.1. The summed E-state index contributed by atoms with van der Waals surface area (Å²) in [6, 6.07) is 27.9. The van der Waals surface area contributed by atoms with Gasteiger partial charge in [-0.3, -0.25) is 14.5 Å². The summed E-state index contributed by atoms with van der Waals surface area (Å²) >= 11 is 1.43. The van der Waals surface area contributed by atoms with Gasteiger partial charge in [-0.05, 0) is 60.9 Å². The number of aromatic nitrogens is 2. The van der Waals surface area contributed by atoms with Crippen LogP contribution >= 0.6 is 11.8 Å². The van der Waals surface area contributed by atoms with Gasteiger partial charge in [0.05, 0.1) is 22.4 Å². The van der Waals surface area contributed by atoms with Crippen molar-refractivity contribution < 1.29 is 18.4 Å². The maximum Gasteiger partial charge on any atom is 0.240 e. The van der Waals surface area contributed by atoms with E-state index in [2.05, 4.69) is 11.4 Å². The molecule has 5 aromatic rings. The van der Waals surface area contributed by atoms with Gasteiger partial charge in [0.25, 0.3) is 0 Å². The number of halogens is 2. The van der Waals surface area contributed by atoms with Crippen molar-refractivity contribution in [3.8, 4) is 16.9 Å². The maximum absolute atomic E-state index is 14.0. The number of nitrogens with one attached hydrogen (secondary N) is 1. The number of fused-ring (bicyclic) bond motifs is 1. The SMILES string of the molecule is Cc1ccc(-n2nc(-c3ccccc3)c3c2N(CC(=O)NCc2ccc(F)cc2)C(=O)CS[C@@H]3c2ccc(F)cc2)c(C)c1. The second kappa shape index (κ2) is 12.5. The fourth-order valence-corrected chi connectivity index (χ4v) is 6.64. The van der Waals surface area contributed by atoms with Crippen LogP contribution in [0.1, 0.15) is 33.1 Å². The Labute approximate surface area is 258 Å². The molecule has 1 aromatic heterocycles. The molecule has 44 heavy (non-hydrogen) atoms. The van der Waals surface area contributed by atoms with Gasteiger partial charge < -0.3 is 5.32 Å². The van der Waals surface area contributed by atoms with Gasteiger partial charge in [0.15, 0.2) is 0 Å². The lowest BCUT2D eigenvalue weighted by atomic mass is 9.99. The molecule has 9 heteroatoms. The molecule has 0 spiro atoms. The van der Waals surface area contributed by atoms with Gasteiger partial charge >= 0.3 is 0 Å². The predicted octanol–water partition coefficient (Wildman–Crippen LogP) is 6.92. The van der Waals surface area contributed by atoms with Crippen LogP contribution < -0.4 is 10.2 Å². The van der Waals surface area contributed by atoms with E-state index >= 15 is 0 Å². The van der Waals surface area contributed by atoms with E-state index in [1.165, 1.54) is 40.9 Å². The first-order chi connectivity index (χ1) is 21.3. The number of carbonyl (C=O) groups is 2. The second-order valence-corrected chi connectivity index (χ2v) is 11.9. The number of thioether (sulfide) groups is 1. The number of benzene rings is 4. The van der Waals surface area contributed by atoms with Crippen molar-refractivity contribution in [2.75, 3.05) is 17.2 Å². The standard InChI is InChI=1S/C35H30F2N4O2S/c1-22-8-17-29(23(2)18-22)41-35-32(33(39-41)25-6-4-3-5-7-25)34(26-11-15-28(37)16-12-26)44-21-31(43)40(35)20-30(42)38-19-24-9-13-27(36)14-10-24/h3-18,34H,19-21H2,1-2H3,(H,38,42)/t34-/m1/s1. The Morgan fingerprint density at radius 3 is 2.30 bits per heavy atom. The molecule has 0 saturated heterocycles. The molecule has 2 amide bonds. The third kappa shape index (κ3) is 6.01.